The van der Waals surface area contributed by atoms with Crippen molar-refractivity contribution in [3.8, 4) is 5.75 Å². The van der Waals surface area contributed by atoms with Crippen LogP contribution in [0.25, 0.3) is 10.8 Å². The van der Waals surface area contributed by atoms with E-state index in [1.165, 1.54) is 12.1 Å². The summed E-state index contributed by atoms with van der Waals surface area (Å²) < 4.78 is 86.8. The Kier molecular flexibility index (Phi) is 6.37. The highest BCUT2D eigenvalue weighted by atomic mass is 19.4. The molecule has 196 valence electrons. The fourth-order valence-electron chi connectivity index (χ4n) is 6.36. The molecule has 2 saturated heterocycles. The minimum atomic E-state index is -4.71. The molecule has 0 amide bonds. The van der Waals surface area contributed by atoms with Crippen LogP contribution in [-0.2, 0) is 17.5 Å². The smallest absolute Gasteiger partial charge is 0.420 e. The lowest BCUT2D eigenvalue weighted by molar-refractivity contribution is -0.185. The Labute approximate surface area is 204 Å². The summed E-state index contributed by atoms with van der Waals surface area (Å²) >= 11 is 0. The molecule has 1 aliphatic carbocycles. The Morgan fingerprint density at radius 2 is 1.69 bits per heavy atom. The second-order valence-corrected chi connectivity index (χ2v) is 10.3. The summed E-state index contributed by atoms with van der Waals surface area (Å²) in [6.07, 6.45) is -7.60. The van der Waals surface area contributed by atoms with Gasteiger partial charge in [0, 0.05) is 18.6 Å². The molecule has 3 atom stereocenters. The van der Waals surface area contributed by atoms with Gasteiger partial charge in [-0.2, -0.15) is 26.3 Å². The number of rotatable bonds is 5. The van der Waals surface area contributed by atoms with Gasteiger partial charge in [-0.25, -0.2) is 0 Å². The van der Waals surface area contributed by atoms with Crippen LogP contribution < -0.4 is 4.74 Å². The highest BCUT2D eigenvalue weighted by Gasteiger charge is 2.49. The number of hydrogen-bond acceptors (Lipinski definition) is 3. The van der Waals surface area contributed by atoms with Crippen LogP contribution in [0, 0.1) is 11.8 Å². The van der Waals surface area contributed by atoms with E-state index in [1.807, 2.05) is 0 Å². The molecule has 2 aromatic carbocycles. The van der Waals surface area contributed by atoms with Crippen molar-refractivity contribution in [1.82, 2.24) is 4.90 Å². The quantitative estimate of drug-likeness (QED) is 0.445. The molecule has 2 aliphatic heterocycles. The Balaban J connectivity index is 1.37. The standard InChI is InChI=1S/C26H27F6NO3/c27-25(28,29)16-3-6-18(7-4-16)36-22-10-2-15-11-14(1-8-19(15)23(22)26(30,31)32)13-33-17-5-9-21(33)20(12-17)24(34)35/h1-2,8,10-11,16-18,20-21H,3-7,9,12-13H2,(H,34,35)/t16-,17?,18+,20?,21?. The van der Waals surface area contributed by atoms with Gasteiger partial charge in [0.2, 0.25) is 0 Å². The minimum absolute atomic E-state index is 0.0273. The lowest BCUT2D eigenvalue weighted by atomic mass is 9.87. The number of carboxylic acid groups (broad SMARTS) is 1. The van der Waals surface area contributed by atoms with Crippen LogP contribution in [-0.4, -0.2) is 40.3 Å². The highest BCUT2D eigenvalue weighted by Crippen LogP contribution is 2.45. The number of aliphatic carboxylic acids is 1. The Morgan fingerprint density at radius 3 is 2.31 bits per heavy atom. The number of halogens is 6. The minimum Gasteiger partial charge on any atom is -0.490 e. The fraction of sp³-hybridized carbons (Fsp3) is 0.577. The van der Waals surface area contributed by atoms with Crippen molar-refractivity contribution in [3.63, 3.8) is 0 Å². The van der Waals surface area contributed by atoms with E-state index >= 15 is 0 Å². The van der Waals surface area contributed by atoms with Crippen LogP contribution in [0.2, 0.25) is 0 Å². The molecule has 1 N–H and O–H groups in total. The van der Waals surface area contributed by atoms with Crippen LogP contribution >= 0.6 is 0 Å². The molecular formula is C26H27F6NO3. The molecule has 4 nitrogen and oxygen atoms in total. The summed E-state index contributed by atoms with van der Waals surface area (Å²) in [4.78, 5) is 13.7. The normalized spacial score (nSPS) is 29.1. The van der Waals surface area contributed by atoms with Gasteiger partial charge in [0.1, 0.15) is 11.3 Å². The fourth-order valence-corrected chi connectivity index (χ4v) is 6.36. The molecule has 2 heterocycles. The Hall–Kier alpha value is -2.49. The maximum atomic E-state index is 14.1. The van der Waals surface area contributed by atoms with E-state index in [9.17, 15) is 36.2 Å². The number of benzene rings is 2. The first-order chi connectivity index (χ1) is 16.9. The lowest BCUT2D eigenvalue weighted by Crippen LogP contribution is -2.32. The number of carbonyl (C=O) groups is 1. The first-order valence-corrected chi connectivity index (χ1v) is 12.3. The topological polar surface area (TPSA) is 49.8 Å². The zero-order chi connectivity index (χ0) is 25.8. The molecule has 10 heteroatoms. The van der Waals surface area contributed by atoms with Gasteiger partial charge in [-0.3, -0.25) is 9.69 Å². The second-order valence-electron chi connectivity index (χ2n) is 10.3. The first kappa shape index (κ1) is 25.2. The van der Waals surface area contributed by atoms with Gasteiger partial charge < -0.3 is 9.84 Å². The molecule has 3 fully saturated rings. The molecule has 0 radical (unpaired) electrons. The van der Waals surface area contributed by atoms with Crippen molar-refractivity contribution in [2.45, 2.75) is 82.0 Å². The van der Waals surface area contributed by atoms with Gasteiger partial charge in [-0.15, -0.1) is 0 Å². The van der Waals surface area contributed by atoms with Gasteiger partial charge in [-0.05, 0) is 73.4 Å². The summed E-state index contributed by atoms with van der Waals surface area (Å²) in [5.41, 5.74) is -0.116. The molecule has 5 rings (SSSR count). The van der Waals surface area contributed by atoms with Crippen molar-refractivity contribution < 1.29 is 41.0 Å². The molecule has 3 unspecified atom stereocenters. The largest absolute Gasteiger partial charge is 0.490 e. The van der Waals surface area contributed by atoms with E-state index in [2.05, 4.69) is 4.90 Å². The van der Waals surface area contributed by atoms with Gasteiger partial charge in [0.15, 0.2) is 0 Å². The van der Waals surface area contributed by atoms with Gasteiger partial charge in [-0.1, -0.05) is 18.2 Å². The monoisotopic (exact) mass is 515 g/mol. The molecular weight excluding hydrogens is 488 g/mol. The zero-order valence-corrected chi connectivity index (χ0v) is 19.4. The van der Waals surface area contributed by atoms with Crippen LogP contribution in [0.15, 0.2) is 30.3 Å². The van der Waals surface area contributed by atoms with E-state index in [-0.39, 0.29) is 48.9 Å². The van der Waals surface area contributed by atoms with E-state index in [1.54, 1.807) is 18.2 Å². The molecule has 0 spiro atoms. The van der Waals surface area contributed by atoms with Crippen LogP contribution in [0.1, 0.15) is 56.1 Å². The molecule has 2 bridgehead atoms. The summed E-state index contributed by atoms with van der Waals surface area (Å²) in [6, 6.07) is 7.64. The molecule has 2 aromatic rings. The molecule has 1 saturated carbocycles. The van der Waals surface area contributed by atoms with Gasteiger partial charge in [0.05, 0.1) is 17.9 Å². The second kappa shape index (κ2) is 9.11. The van der Waals surface area contributed by atoms with E-state index in [4.69, 9.17) is 4.74 Å². The number of alkyl halides is 6. The van der Waals surface area contributed by atoms with E-state index in [0.717, 1.165) is 18.4 Å². The Morgan fingerprint density at radius 1 is 0.972 bits per heavy atom. The summed E-state index contributed by atoms with van der Waals surface area (Å²) in [5, 5.41) is 9.82. The van der Waals surface area contributed by atoms with Crippen LogP contribution in [0.3, 0.4) is 0 Å². The summed E-state index contributed by atoms with van der Waals surface area (Å²) in [5.74, 6) is -3.02. The third kappa shape index (κ3) is 4.76. The van der Waals surface area contributed by atoms with Crippen molar-refractivity contribution >= 4 is 16.7 Å². The van der Waals surface area contributed by atoms with Crippen molar-refractivity contribution in [2.75, 3.05) is 0 Å². The molecule has 0 aromatic heterocycles. The third-order valence-corrected chi connectivity index (χ3v) is 8.12. The number of hydrogen-bond donors (Lipinski definition) is 1. The Bertz CT molecular complexity index is 1140. The SMILES string of the molecule is O=C(O)C1CC2CCC1N2Cc1ccc2c(C(F)(F)F)c(O[C@H]3CC[C@@H](C(F)(F)F)CC3)ccc2c1. The van der Waals surface area contributed by atoms with Crippen molar-refractivity contribution in [3.05, 3.63) is 41.5 Å². The van der Waals surface area contributed by atoms with Crippen molar-refractivity contribution in [2.24, 2.45) is 11.8 Å². The summed E-state index contributed by atoms with van der Waals surface area (Å²) in [7, 11) is 0. The number of nitrogens with zero attached hydrogens (tertiary/aromatic N) is 1. The van der Waals surface area contributed by atoms with Crippen molar-refractivity contribution in [1.29, 1.82) is 0 Å². The average Bonchev–Trinajstić information content (AvgIpc) is 3.34. The first-order valence-electron chi connectivity index (χ1n) is 12.3. The number of fused-ring (bicyclic) bond motifs is 3. The maximum Gasteiger partial charge on any atom is 0.420 e. The molecule has 36 heavy (non-hydrogen) atoms. The predicted molar refractivity (Wildman–Crippen MR) is 119 cm³/mol. The molecule has 3 aliphatic rings. The number of carboxylic acids is 1. The van der Waals surface area contributed by atoms with Gasteiger partial charge >= 0.3 is 18.3 Å². The van der Waals surface area contributed by atoms with E-state index < -0.39 is 41.8 Å². The predicted octanol–water partition coefficient (Wildman–Crippen LogP) is 6.80. The third-order valence-electron chi connectivity index (χ3n) is 8.12. The number of ether oxygens (including phenoxy) is 1. The summed E-state index contributed by atoms with van der Waals surface area (Å²) in [6.45, 7) is 0.469. The van der Waals surface area contributed by atoms with Crippen LogP contribution in [0.4, 0.5) is 26.3 Å². The lowest BCUT2D eigenvalue weighted by Gasteiger charge is -2.31. The maximum absolute atomic E-state index is 14.1. The van der Waals surface area contributed by atoms with Gasteiger partial charge in [0.25, 0.3) is 0 Å². The average molecular weight is 515 g/mol. The highest BCUT2D eigenvalue weighted by molar-refractivity contribution is 5.89. The van der Waals surface area contributed by atoms with E-state index in [0.29, 0.717) is 18.4 Å². The zero-order valence-electron chi connectivity index (χ0n) is 19.4. The van der Waals surface area contributed by atoms with Crippen LogP contribution in [0.5, 0.6) is 5.75 Å².